The largest absolute Gasteiger partial charge is 0.348 e. The number of rotatable bonds is 5. The van der Waals surface area contributed by atoms with Gasteiger partial charge in [-0.05, 0) is 48.2 Å². The number of aromatic nitrogens is 1. The molecule has 0 bridgehead atoms. The molecule has 0 aliphatic carbocycles. The van der Waals surface area contributed by atoms with Crippen LogP contribution in [0.4, 0.5) is 5.13 Å². The number of hydrogen-bond acceptors (Lipinski definition) is 5. The Bertz CT molecular complexity index is 1010. The molecule has 4 rings (SSSR count). The zero-order valence-corrected chi connectivity index (χ0v) is 17.5. The van der Waals surface area contributed by atoms with Gasteiger partial charge in [0.25, 0.3) is 0 Å². The van der Waals surface area contributed by atoms with Gasteiger partial charge >= 0.3 is 0 Å². The molecule has 1 N–H and O–H groups in total. The average Bonchev–Trinajstić information content (AvgIpc) is 3.24. The van der Waals surface area contributed by atoms with Crippen molar-refractivity contribution >= 4 is 38.1 Å². The summed E-state index contributed by atoms with van der Waals surface area (Å²) < 4.78 is 28.4. The summed E-state index contributed by atoms with van der Waals surface area (Å²) in [6.07, 6.45) is 3.33. The van der Waals surface area contributed by atoms with Crippen molar-refractivity contribution in [2.24, 2.45) is 0 Å². The molecule has 1 aliphatic rings. The molecule has 3 aromatic rings. The standard InChI is InChI=1S/C20H20ClN3O2S2/c21-17-5-1-15(2-6-17)16-3-7-19(8-4-16)28(25,26)23-18-9-12-24(13-10-18)20-22-11-14-27-20/h1-8,11,14,18,23H,9-10,12-13H2. The Morgan fingerprint density at radius 3 is 2.18 bits per heavy atom. The minimum Gasteiger partial charge on any atom is -0.348 e. The number of nitrogens with zero attached hydrogens (tertiary/aromatic N) is 2. The highest BCUT2D eigenvalue weighted by Gasteiger charge is 2.25. The van der Waals surface area contributed by atoms with Gasteiger partial charge in [0.15, 0.2) is 5.13 Å². The minimum absolute atomic E-state index is 0.0582. The van der Waals surface area contributed by atoms with Crippen LogP contribution < -0.4 is 9.62 Å². The molecule has 2 aromatic carbocycles. The number of sulfonamides is 1. The highest BCUT2D eigenvalue weighted by atomic mass is 35.5. The lowest BCUT2D eigenvalue weighted by Crippen LogP contribution is -2.44. The van der Waals surface area contributed by atoms with Crippen molar-refractivity contribution in [1.29, 1.82) is 0 Å². The smallest absolute Gasteiger partial charge is 0.240 e. The second-order valence-electron chi connectivity index (χ2n) is 6.73. The van der Waals surface area contributed by atoms with E-state index in [2.05, 4.69) is 14.6 Å². The third-order valence-electron chi connectivity index (χ3n) is 4.85. The highest BCUT2D eigenvalue weighted by molar-refractivity contribution is 7.89. The number of benzene rings is 2. The van der Waals surface area contributed by atoms with Crippen LogP contribution in [0.2, 0.25) is 5.02 Å². The number of thiazole rings is 1. The van der Waals surface area contributed by atoms with E-state index in [1.165, 1.54) is 0 Å². The number of piperidine rings is 1. The molecule has 0 spiro atoms. The Morgan fingerprint density at radius 1 is 1.00 bits per heavy atom. The summed E-state index contributed by atoms with van der Waals surface area (Å²) in [4.78, 5) is 6.81. The molecule has 8 heteroatoms. The highest BCUT2D eigenvalue weighted by Crippen LogP contribution is 2.25. The fourth-order valence-electron chi connectivity index (χ4n) is 3.32. The van der Waals surface area contributed by atoms with Crippen LogP contribution in [0.25, 0.3) is 11.1 Å². The Morgan fingerprint density at radius 2 is 1.61 bits per heavy atom. The van der Waals surface area contributed by atoms with Crippen LogP contribution in [0.1, 0.15) is 12.8 Å². The zero-order chi connectivity index (χ0) is 19.6. The van der Waals surface area contributed by atoms with E-state index < -0.39 is 10.0 Å². The molecule has 0 unspecified atom stereocenters. The van der Waals surface area contributed by atoms with E-state index in [9.17, 15) is 8.42 Å². The Kier molecular flexibility index (Phi) is 5.68. The molecule has 28 heavy (non-hydrogen) atoms. The number of anilines is 1. The maximum absolute atomic E-state index is 12.8. The number of hydrogen-bond donors (Lipinski definition) is 1. The Balaban J connectivity index is 1.40. The zero-order valence-electron chi connectivity index (χ0n) is 15.1. The van der Waals surface area contributed by atoms with Gasteiger partial charge in [0.05, 0.1) is 4.90 Å². The summed E-state index contributed by atoms with van der Waals surface area (Å²) in [6, 6.07) is 14.4. The fraction of sp³-hybridized carbons (Fsp3) is 0.250. The molecule has 0 radical (unpaired) electrons. The van der Waals surface area contributed by atoms with Gasteiger partial charge in [-0.2, -0.15) is 0 Å². The van der Waals surface area contributed by atoms with E-state index in [0.717, 1.165) is 42.2 Å². The van der Waals surface area contributed by atoms with Crippen molar-refractivity contribution in [3.63, 3.8) is 0 Å². The molecule has 1 fully saturated rings. The summed E-state index contributed by atoms with van der Waals surface area (Å²) >= 11 is 7.53. The summed E-state index contributed by atoms with van der Waals surface area (Å²) in [5, 5.41) is 3.63. The van der Waals surface area contributed by atoms with Crippen molar-refractivity contribution in [2.45, 2.75) is 23.8 Å². The summed E-state index contributed by atoms with van der Waals surface area (Å²) in [5.74, 6) is 0. The first-order valence-corrected chi connectivity index (χ1v) is 11.8. The van der Waals surface area contributed by atoms with Gasteiger partial charge in [-0.3, -0.25) is 0 Å². The van der Waals surface area contributed by atoms with E-state index >= 15 is 0 Å². The lowest BCUT2D eigenvalue weighted by atomic mass is 10.1. The molecule has 0 saturated carbocycles. The first-order chi connectivity index (χ1) is 13.5. The molecule has 2 heterocycles. The Labute approximate surface area is 174 Å². The molecular formula is C20H20ClN3O2S2. The third kappa shape index (κ3) is 4.38. The molecule has 1 saturated heterocycles. The molecule has 1 aromatic heterocycles. The van der Waals surface area contributed by atoms with Crippen LogP contribution in [0.3, 0.4) is 0 Å². The lowest BCUT2D eigenvalue weighted by Gasteiger charge is -2.31. The maximum Gasteiger partial charge on any atom is 0.240 e. The number of nitrogens with one attached hydrogen (secondary N) is 1. The molecule has 146 valence electrons. The molecule has 0 amide bonds. The van der Waals surface area contributed by atoms with Crippen molar-refractivity contribution in [1.82, 2.24) is 9.71 Å². The van der Waals surface area contributed by atoms with E-state index in [4.69, 9.17) is 11.6 Å². The van der Waals surface area contributed by atoms with Gasteiger partial charge in [0.1, 0.15) is 0 Å². The van der Waals surface area contributed by atoms with Gasteiger partial charge in [0, 0.05) is 35.7 Å². The van der Waals surface area contributed by atoms with E-state index in [1.54, 1.807) is 29.7 Å². The van der Waals surface area contributed by atoms with Crippen LogP contribution in [-0.4, -0.2) is 32.5 Å². The van der Waals surface area contributed by atoms with E-state index in [0.29, 0.717) is 5.02 Å². The minimum atomic E-state index is -3.54. The molecule has 5 nitrogen and oxygen atoms in total. The molecular weight excluding hydrogens is 414 g/mol. The number of halogens is 1. The predicted molar refractivity (Wildman–Crippen MR) is 115 cm³/mol. The van der Waals surface area contributed by atoms with Crippen LogP contribution in [0, 0.1) is 0 Å². The first-order valence-electron chi connectivity index (χ1n) is 9.04. The van der Waals surface area contributed by atoms with Gasteiger partial charge in [-0.15, -0.1) is 11.3 Å². The van der Waals surface area contributed by atoms with Gasteiger partial charge in [-0.25, -0.2) is 18.1 Å². The van der Waals surface area contributed by atoms with Gasteiger partial charge in [0.2, 0.25) is 10.0 Å². The van der Waals surface area contributed by atoms with E-state index in [1.807, 2.05) is 41.8 Å². The third-order valence-corrected chi connectivity index (χ3v) is 7.47. The second kappa shape index (κ2) is 8.21. The van der Waals surface area contributed by atoms with Crippen LogP contribution in [-0.2, 0) is 10.0 Å². The average molecular weight is 434 g/mol. The summed E-state index contributed by atoms with van der Waals surface area (Å²) in [7, 11) is -3.54. The van der Waals surface area contributed by atoms with Crippen molar-refractivity contribution in [2.75, 3.05) is 18.0 Å². The summed E-state index contributed by atoms with van der Waals surface area (Å²) in [6.45, 7) is 1.60. The lowest BCUT2D eigenvalue weighted by molar-refractivity contribution is 0.460. The Hall–Kier alpha value is -1.93. The van der Waals surface area contributed by atoms with E-state index in [-0.39, 0.29) is 10.9 Å². The van der Waals surface area contributed by atoms with Gasteiger partial charge in [-0.1, -0.05) is 35.9 Å². The summed E-state index contributed by atoms with van der Waals surface area (Å²) in [5.41, 5.74) is 1.95. The topological polar surface area (TPSA) is 62.3 Å². The van der Waals surface area contributed by atoms with Crippen molar-refractivity contribution < 1.29 is 8.42 Å². The van der Waals surface area contributed by atoms with Crippen molar-refractivity contribution in [3.8, 4) is 11.1 Å². The van der Waals surface area contributed by atoms with Gasteiger partial charge < -0.3 is 4.90 Å². The SMILES string of the molecule is O=S(=O)(NC1CCN(c2nccs2)CC1)c1ccc(-c2ccc(Cl)cc2)cc1. The van der Waals surface area contributed by atoms with Crippen molar-refractivity contribution in [3.05, 3.63) is 65.1 Å². The van der Waals surface area contributed by atoms with Crippen LogP contribution in [0.5, 0.6) is 0 Å². The van der Waals surface area contributed by atoms with Crippen LogP contribution >= 0.6 is 22.9 Å². The maximum atomic E-state index is 12.8. The quantitative estimate of drug-likeness (QED) is 0.647. The fourth-order valence-corrected chi connectivity index (χ4v) is 5.44. The monoisotopic (exact) mass is 433 g/mol. The molecule has 0 atom stereocenters. The second-order valence-corrected chi connectivity index (χ2v) is 9.75. The van der Waals surface area contributed by atoms with Crippen LogP contribution in [0.15, 0.2) is 65.0 Å². The normalized spacial score (nSPS) is 15.7. The molecule has 1 aliphatic heterocycles. The first kappa shape index (κ1) is 19.4. The predicted octanol–water partition coefficient (Wildman–Crippen LogP) is 4.41.